The van der Waals surface area contributed by atoms with Crippen molar-refractivity contribution >= 4 is 5.91 Å². The summed E-state index contributed by atoms with van der Waals surface area (Å²) in [6, 6.07) is 1.67. The van der Waals surface area contributed by atoms with E-state index in [4.69, 9.17) is 4.52 Å². The van der Waals surface area contributed by atoms with Gasteiger partial charge in [-0.1, -0.05) is 5.16 Å². The minimum Gasteiger partial charge on any atom is -0.390 e. The number of aryl methyl sites for hydroxylation is 1. The fraction of sp³-hybridized carbons (Fsp3) is 0.714. The van der Waals surface area contributed by atoms with Crippen LogP contribution in [0.3, 0.4) is 0 Å². The molecule has 1 aliphatic heterocycles. The van der Waals surface area contributed by atoms with Crippen molar-refractivity contribution in [1.29, 1.82) is 0 Å². The van der Waals surface area contributed by atoms with Crippen LogP contribution in [0, 0.1) is 12.3 Å². The summed E-state index contributed by atoms with van der Waals surface area (Å²) in [6.45, 7) is 5.09. The number of hydrogen-bond donors (Lipinski definition) is 1. The Morgan fingerprint density at radius 1 is 1.37 bits per heavy atom. The smallest absolute Gasteiger partial charge is 0.276 e. The molecule has 0 aromatic carbocycles. The number of aliphatic hydroxyl groups is 1. The average Bonchev–Trinajstić information content (AvgIpc) is 2.83. The number of carbonyl (C=O) groups is 1. The van der Waals surface area contributed by atoms with Crippen molar-refractivity contribution in [2.24, 2.45) is 5.41 Å². The first kappa shape index (κ1) is 12.7. The standard InChI is InChI=1S/C14H20N2O3/c1-10-9-11(15-19-10)12(17)16-7-5-14(6-8-16)4-3-13(14,2)18/h9,18H,3-8H2,1-2H3. The first-order chi connectivity index (χ1) is 8.94. The van der Waals surface area contributed by atoms with Gasteiger partial charge in [0, 0.05) is 24.6 Å². The summed E-state index contributed by atoms with van der Waals surface area (Å²) < 4.78 is 4.95. The molecule has 1 atom stereocenters. The van der Waals surface area contributed by atoms with Crippen molar-refractivity contribution in [1.82, 2.24) is 10.1 Å². The Hall–Kier alpha value is -1.36. The summed E-state index contributed by atoms with van der Waals surface area (Å²) in [5.41, 5.74) is -0.135. The molecule has 1 aromatic rings. The van der Waals surface area contributed by atoms with E-state index in [9.17, 15) is 9.90 Å². The highest BCUT2D eigenvalue weighted by Crippen LogP contribution is 2.56. The zero-order valence-electron chi connectivity index (χ0n) is 11.5. The van der Waals surface area contributed by atoms with Crippen LogP contribution in [0.15, 0.2) is 10.6 Å². The molecule has 5 nitrogen and oxygen atoms in total. The van der Waals surface area contributed by atoms with E-state index in [2.05, 4.69) is 5.16 Å². The van der Waals surface area contributed by atoms with Gasteiger partial charge in [0.15, 0.2) is 5.69 Å². The Morgan fingerprint density at radius 2 is 2.05 bits per heavy atom. The number of aromatic nitrogens is 1. The monoisotopic (exact) mass is 264 g/mol. The Morgan fingerprint density at radius 3 is 2.47 bits per heavy atom. The third-order valence-electron chi connectivity index (χ3n) is 5.09. The zero-order chi connectivity index (χ0) is 13.7. The van der Waals surface area contributed by atoms with Crippen LogP contribution in [-0.4, -0.2) is 39.8 Å². The highest BCUT2D eigenvalue weighted by atomic mass is 16.5. The number of hydrogen-bond acceptors (Lipinski definition) is 4. The van der Waals surface area contributed by atoms with Crippen LogP contribution in [0.5, 0.6) is 0 Å². The lowest BCUT2D eigenvalue weighted by atomic mass is 9.53. The normalized spacial score (nSPS) is 29.3. The third kappa shape index (κ3) is 1.87. The Balaban J connectivity index is 1.66. The van der Waals surface area contributed by atoms with Gasteiger partial charge in [-0.15, -0.1) is 0 Å². The van der Waals surface area contributed by atoms with Crippen LogP contribution in [0.2, 0.25) is 0 Å². The molecule has 19 heavy (non-hydrogen) atoms. The second-order valence-corrected chi connectivity index (χ2v) is 6.17. The highest BCUT2D eigenvalue weighted by Gasteiger charge is 2.55. The summed E-state index contributed by atoms with van der Waals surface area (Å²) in [6.07, 6.45) is 3.71. The van der Waals surface area contributed by atoms with Gasteiger partial charge >= 0.3 is 0 Å². The summed E-state index contributed by atoms with van der Waals surface area (Å²) in [5, 5.41) is 14.1. The van der Waals surface area contributed by atoms with E-state index in [1.165, 1.54) is 0 Å². The van der Waals surface area contributed by atoms with Gasteiger partial charge in [-0.05, 0) is 39.5 Å². The van der Waals surface area contributed by atoms with E-state index in [1.54, 1.807) is 13.0 Å². The summed E-state index contributed by atoms with van der Waals surface area (Å²) >= 11 is 0. The molecule has 3 rings (SSSR count). The number of nitrogens with zero attached hydrogens (tertiary/aromatic N) is 2. The zero-order valence-corrected chi connectivity index (χ0v) is 11.5. The predicted molar refractivity (Wildman–Crippen MR) is 68.7 cm³/mol. The Labute approximate surface area is 112 Å². The molecule has 1 amide bonds. The average molecular weight is 264 g/mol. The van der Waals surface area contributed by atoms with Gasteiger partial charge in [0.05, 0.1) is 5.60 Å². The van der Waals surface area contributed by atoms with Crippen LogP contribution >= 0.6 is 0 Å². The molecule has 1 spiro atoms. The van der Waals surface area contributed by atoms with Crippen molar-refractivity contribution < 1.29 is 14.4 Å². The molecule has 0 bridgehead atoms. The second-order valence-electron chi connectivity index (χ2n) is 6.17. The number of piperidine rings is 1. The fourth-order valence-corrected chi connectivity index (χ4v) is 3.40. The van der Waals surface area contributed by atoms with Crippen molar-refractivity contribution in [3.8, 4) is 0 Å². The van der Waals surface area contributed by atoms with E-state index in [0.717, 1.165) is 25.7 Å². The van der Waals surface area contributed by atoms with Gasteiger partial charge in [0.25, 0.3) is 5.91 Å². The van der Waals surface area contributed by atoms with E-state index >= 15 is 0 Å². The van der Waals surface area contributed by atoms with E-state index in [-0.39, 0.29) is 11.3 Å². The molecule has 5 heteroatoms. The second kappa shape index (κ2) is 4.07. The summed E-state index contributed by atoms with van der Waals surface area (Å²) in [7, 11) is 0. The first-order valence-corrected chi connectivity index (χ1v) is 6.89. The van der Waals surface area contributed by atoms with Crippen molar-refractivity contribution in [3.63, 3.8) is 0 Å². The lowest BCUT2D eigenvalue weighted by molar-refractivity contribution is -0.174. The highest BCUT2D eigenvalue weighted by molar-refractivity contribution is 5.92. The summed E-state index contributed by atoms with van der Waals surface area (Å²) in [5.74, 6) is 0.587. The quantitative estimate of drug-likeness (QED) is 0.839. The topological polar surface area (TPSA) is 66.6 Å². The van der Waals surface area contributed by atoms with Crippen LogP contribution in [0.1, 0.15) is 48.9 Å². The molecule has 2 fully saturated rings. The van der Waals surface area contributed by atoms with Gasteiger partial charge < -0.3 is 14.5 Å². The van der Waals surface area contributed by atoms with E-state index < -0.39 is 5.60 Å². The van der Waals surface area contributed by atoms with Crippen LogP contribution < -0.4 is 0 Å². The minimum absolute atomic E-state index is 0.0313. The van der Waals surface area contributed by atoms with E-state index in [1.807, 2.05) is 11.8 Å². The van der Waals surface area contributed by atoms with E-state index in [0.29, 0.717) is 24.5 Å². The van der Waals surface area contributed by atoms with Gasteiger partial charge in [-0.2, -0.15) is 0 Å². The molecule has 2 aliphatic rings. The predicted octanol–water partition coefficient (Wildman–Crippen LogP) is 1.75. The van der Waals surface area contributed by atoms with Gasteiger partial charge in [0.2, 0.25) is 0 Å². The minimum atomic E-state index is -0.549. The van der Waals surface area contributed by atoms with Crippen LogP contribution in [-0.2, 0) is 0 Å². The maximum absolute atomic E-state index is 12.2. The van der Waals surface area contributed by atoms with Crippen LogP contribution in [0.25, 0.3) is 0 Å². The number of amides is 1. The van der Waals surface area contributed by atoms with Gasteiger partial charge in [0.1, 0.15) is 5.76 Å². The molecular formula is C14H20N2O3. The Kier molecular flexibility index (Phi) is 2.71. The lowest BCUT2D eigenvalue weighted by Gasteiger charge is -2.58. The lowest BCUT2D eigenvalue weighted by Crippen LogP contribution is -2.60. The van der Waals surface area contributed by atoms with Crippen molar-refractivity contribution in [2.75, 3.05) is 13.1 Å². The van der Waals surface area contributed by atoms with Crippen LogP contribution in [0.4, 0.5) is 0 Å². The number of carbonyl (C=O) groups excluding carboxylic acids is 1. The SMILES string of the molecule is Cc1cc(C(=O)N2CCC3(CC2)CCC3(C)O)no1. The number of rotatable bonds is 1. The summed E-state index contributed by atoms with van der Waals surface area (Å²) in [4.78, 5) is 14.0. The third-order valence-corrected chi connectivity index (χ3v) is 5.09. The van der Waals surface area contributed by atoms with Crippen molar-refractivity contribution in [2.45, 2.75) is 45.1 Å². The maximum Gasteiger partial charge on any atom is 0.276 e. The molecule has 1 N–H and O–H groups in total. The molecule has 0 radical (unpaired) electrons. The molecule has 1 aliphatic carbocycles. The molecule has 1 saturated heterocycles. The molecule has 104 valence electrons. The molecule has 1 unspecified atom stereocenters. The van der Waals surface area contributed by atoms with Gasteiger partial charge in [-0.25, -0.2) is 0 Å². The van der Waals surface area contributed by atoms with Crippen molar-refractivity contribution in [3.05, 3.63) is 17.5 Å². The van der Waals surface area contributed by atoms with Gasteiger partial charge in [-0.3, -0.25) is 4.79 Å². The fourth-order valence-electron chi connectivity index (χ4n) is 3.40. The molecule has 2 heterocycles. The number of likely N-dealkylation sites (tertiary alicyclic amines) is 1. The molecule has 1 aromatic heterocycles. The maximum atomic E-state index is 12.2. The molecule has 1 saturated carbocycles. The largest absolute Gasteiger partial charge is 0.390 e. The molecular weight excluding hydrogens is 244 g/mol. The Bertz CT molecular complexity index is 499. The first-order valence-electron chi connectivity index (χ1n) is 6.89.